The first-order valence-corrected chi connectivity index (χ1v) is 20.5. The van der Waals surface area contributed by atoms with Gasteiger partial charge in [-0.05, 0) is 93.9 Å². The summed E-state index contributed by atoms with van der Waals surface area (Å²) < 4.78 is 9.88. The predicted octanol–water partition coefficient (Wildman–Crippen LogP) is 13.6. The second-order valence-corrected chi connectivity index (χ2v) is 17.2. The van der Waals surface area contributed by atoms with E-state index in [1.807, 2.05) is 30.3 Å². The lowest BCUT2D eigenvalue weighted by molar-refractivity contribution is -0.139. The highest BCUT2D eigenvalue weighted by Gasteiger charge is 2.20. The molecular formula is C50H38N2O3S2. The second-order valence-electron chi connectivity index (χ2n) is 15.0. The SMILES string of the molecule is CC(C)(C)c1ccc(-c2c3nc(c(-c4ccc(OCC(=O)O)cc4)c4ccc(s4)c(-c4ccccc4)c4nc(c(-c5ccccc5)c5ccc2s5)C=C4)C=C3)cc1. The van der Waals surface area contributed by atoms with Crippen molar-refractivity contribution in [2.75, 3.05) is 6.61 Å². The maximum absolute atomic E-state index is 11.2. The molecule has 8 bridgehead atoms. The first-order valence-electron chi connectivity index (χ1n) is 18.8. The number of carboxylic acid groups (broad SMARTS) is 1. The summed E-state index contributed by atoms with van der Waals surface area (Å²) in [7, 11) is 0. The number of benzene rings is 4. The van der Waals surface area contributed by atoms with Crippen molar-refractivity contribution < 1.29 is 14.6 Å². The normalized spacial score (nSPS) is 12.2. The topological polar surface area (TPSA) is 72.3 Å². The van der Waals surface area contributed by atoms with Gasteiger partial charge in [0.05, 0.1) is 22.8 Å². The molecule has 57 heavy (non-hydrogen) atoms. The molecule has 3 aromatic heterocycles. The summed E-state index contributed by atoms with van der Waals surface area (Å²) in [6.45, 7) is 6.31. The predicted molar refractivity (Wildman–Crippen MR) is 239 cm³/mol. The first-order chi connectivity index (χ1) is 27.7. The van der Waals surface area contributed by atoms with Gasteiger partial charge in [0, 0.05) is 41.1 Å². The fraction of sp³-hybridized carbons (Fsp3) is 0.100. The number of thiophene rings is 2. The van der Waals surface area contributed by atoms with Crippen LogP contribution in [-0.4, -0.2) is 27.7 Å². The van der Waals surface area contributed by atoms with Crippen LogP contribution >= 0.6 is 22.7 Å². The van der Waals surface area contributed by atoms with E-state index in [4.69, 9.17) is 14.7 Å². The second kappa shape index (κ2) is 14.9. The summed E-state index contributed by atoms with van der Waals surface area (Å²) in [6.07, 6.45) is 8.54. The van der Waals surface area contributed by atoms with Crippen LogP contribution in [0.1, 0.15) is 49.1 Å². The lowest BCUT2D eigenvalue weighted by Crippen LogP contribution is -2.10. The van der Waals surface area contributed by atoms with Crippen LogP contribution in [0.4, 0.5) is 0 Å². The minimum Gasteiger partial charge on any atom is -0.482 e. The van der Waals surface area contributed by atoms with Gasteiger partial charge in [-0.25, -0.2) is 14.8 Å². The lowest BCUT2D eigenvalue weighted by atomic mass is 9.86. The molecule has 0 saturated carbocycles. The van der Waals surface area contributed by atoms with Crippen LogP contribution in [0.3, 0.4) is 0 Å². The maximum Gasteiger partial charge on any atom is 0.341 e. The number of hydrogen-bond acceptors (Lipinski definition) is 6. The Morgan fingerprint density at radius 2 is 0.860 bits per heavy atom. The van der Waals surface area contributed by atoms with Gasteiger partial charge in [-0.1, -0.05) is 118 Å². The van der Waals surface area contributed by atoms with Gasteiger partial charge in [-0.3, -0.25) is 0 Å². The average Bonchev–Trinajstić information content (AvgIpc) is 4.06. The van der Waals surface area contributed by atoms with Crippen molar-refractivity contribution >= 4 is 71.7 Å². The van der Waals surface area contributed by atoms with E-state index >= 15 is 0 Å². The molecule has 9 rings (SSSR count). The number of nitrogens with zero attached hydrogens (tertiary/aromatic N) is 2. The van der Waals surface area contributed by atoms with Crippen LogP contribution < -0.4 is 4.74 Å². The number of carbonyl (C=O) groups is 1. The molecule has 4 aromatic carbocycles. The fourth-order valence-corrected chi connectivity index (χ4v) is 9.69. The Kier molecular flexibility index (Phi) is 9.49. The molecule has 0 fully saturated rings. The van der Waals surface area contributed by atoms with Crippen molar-refractivity contribution in [2.45, 2.75) is 26.2 Å². The zero-order valence-corrected chi connectivity index (χ0v) is 33.3. The van der Waals surface area contributed by atoms with Gasteiger partial charge in [0.1, 0.15) is 5.75 Å². The third-order valence-electron chi connectivity index (χ3n) is 10.2. The number of rotatable bonds is 7. The van der Waals surface area contributed by atoms with Crippen molar-refractivity contribution in [3.8, 4) is 50.3 Å². The van der Waals surface area contributed by atoms with Crippen molar-refractivity contribution in [1.29, 1.82) is 0 Å². The van der Waals surface area contributed by atoms with Crippen LogP contribution in [0.5, 0.6) is 5.75 Å². The third kappa shape index (κ3) is 7.24. The standard InChI is InChI=1S/C50H38N2O3S2/c1-50(2,3)35-18-14-33(15-19-35)48-39-24-25-40(52-39)49(34-16-20-36(21-17-34)55-30-45(53)54)44-29-27-42(57-44)47(32-12-8-5-9-13-32)38-23-22-37(51-38)46(31-10-6-4-7-11-31)41-26-28-43(48)56-41/h4-29H,30H2,1-3H3,(H,53,54). The number of ether oxygens (including phenoxy) is 1. The summed E-state index contributed by atoms with van der Waals surface area (Å²) >= 11 is 3.47. The van der Waals surface area contributed by atoms with Gasteiger partial charge in [0.2, 0.25) is 0 Å². The molecule has 5 heterocycles. The van der Waals surface area contributed by atoms with E-state index in [0.29, 0.717) is 5.75 Å². The highest BCUT2D eigenvalue weighted by molar-refractivity contribution is 7.24. The van der Waals surface area contributed by atoms with E-state index in [1.165, 1.54) is 5.56 Å². The van der Waals surface area contributed by atoms with Crippen molar-refractivity contribution in [2.24, 2.45) is 0 Å². The third-order valence-corrected chi connectivity index (χ3v) is 12.4. The molecule has 7 aromatic rings. The quantitative estimate of drug-likeness (QED) is 0.174. The Hall–Kier alpha value is -6.41. The van der Waals surface area contributed by atoms with E-state index < -0.39 is 12.6 Å². The van der Waals surface area contributed by atoms with Gasteiger partial charge < -0.3 is 9.84 Å². The Labute approximate surface area is 339 Å². The van der Waals surface area contributed by atoms with Crippen LogP contribution in [-0.2, 0) is 10.2 Å². The van der Waals surface area contributed by atoms with E-state index in [1.54, 1.807) is 22.7 Å². The number of aromatic nitrogens is 2. The Bertz CT molecular complexity index is 2880. The summed E-state index contributed by atoms with van der Waals surface area (Å²) in [5, 5.41) is 9.20. The van der Waals surface area contributed by atoms with Gasteiger partial charge >= 0.3 is 5.97 Å². The molecule has 0 amide bonds. The summed E-state index contributed by atoms with van der Waals surface area (Å²) in [6, 6.07) is 46.3. The van der Waals surface area contributed by atoms with E-state index in [9.17, 15) is 9.90 Å². The lowest BCUT2D eigenvalue weighted by Gasteiger charge is -2.19. The molecule has 5 nitrogen and oxygen atoms in total. The Balaban J connectivity index is 1.40. The van der Waals surface area contributed by atoms with Crippen molar-refractivity contribution in [1.82, 2.24) is 9.97 Å². The smallest absolute Gasteiger partial charge is 0.341 e. The average molecular weight is 779 g/mol. The molecule has 2 aliphatic rings. The molecule has 1 N–H and O–H groups in total. The molecule has 0 spiro atoms. The van der Waals surface area contributed by atoms with Crippen molar-refractivity contribution in [3.63, 3.8) is 0 Å². The Morgan fingerprint density at radius 3 is 1.21 bits per heavy atom. The van der Waals surface area contributed by atoms with E-state index in [2.05, 4.69) is 148 Å². The first kappa shape index (κ1) is 36.2. The molecular weight excluding hydrogens is 741 g/mol. The number of aliphatic carboxylic acids is 1. The zero-order valence-electron chi connectivity index (χ0n) is 31.7. The summed E-state index contributed by atoms with van der Waals surface area (Å²) in [4.78, 5) is 22.1. The monoisotopic (exact) mass is 778 g/mol. The molecule has 0 aliphatic carbocycles. The van der Waals surface area contributed by atoms with Crippen LogP contribution in [0, 0.1) is 0 Å². The van der Waals surface area contributed by atoms with Crippen LogP contribution in [0.2, 0.25) is 0 Å². The highest BCUT2D eigenvalue weighted by Crippen LogP contribution is 2.43. The minimum atomic E-state index is -1.02. The van der Waals surface area contributed by atoms with Gasteiger partial charge in [0.25, 0.3) is 0 Å². The maximum atomic E-state index is 11.2. The highest BCUT2D eigenvalue weighted by atomic mass is 32.1. The molecule has 7 heteroatoms. The molecule has 0 atom stereocenters. The number of fused-ring (bicyclic) bond motifs is 8. The molecule has 0 unspecified atom stereocenters. The largest absolute Gasteiger partial charge is 0.482 e. The van der Waals surface area contributed by atoms with Gasteiger partial charge in [-0.15, -0.1) is 22.7 Å². The number of hydrogen-bond donors (Lipinski definition) is 1. The number of carboxylic acids is 1. The summed E-state index contributed by atoms with van der Waals surface area (Å²) in [5.74, 6) is -0.528. The van der Waals surface area contributed by atoms with Crippen LogP contribution in [0.25, 0.3) is 87.6 Å². The van der Waals surface area contributed by atoms with Gasteiger partial charge in [-0.2, -0.15) is 0 Å². The molecule has 0 saturated heterocycles. The van der Waals surface area contributed by atoms with Crippen molar-refractivity contribution in [3.05, 3.63) is 162 Å². The van der Waals surface area contributed by atoms with Crippen LogP contribution in [0.15, 0.2) is 133 Å². The minimum absolute atomic E-state index is 0.0197. The Morgan fingerprint density at radius 1 is 0.509 bits per heavy atom. The van der Waals surface area contributed by atoms with Gasteiger partial charge in [0.15, 0.2) is 6.61 Å². The van der Waals surface area contributed by atoms with E-state index in [-0.39, 0.29) is 5.41 Å². The van der Waals surface area contributed by atoms with E-state index in [0.717, 1.165) is 86.1 Å². The molecule has 278 valence electrons. The molecule has 0 radical (unpaired) electrons. The fourth-order valence-electron chi connectivity index (χ4n) is 7.37. The zero-order chi connectivity index (χ0) is 39.1. The summed E-state index contributed by atoms with van der Waals surface area (Å²) in [5.41, 5.74) is 13.3. The molecule has 2 aliphatic heterocycles.